The van der Waals surface area contributed by atoms with E-state index in [1.54, 1.807) is 4.90 Å². The number of hydrogen-bond donors (Lipinski definition) is 1. The number of nitrogens with one attached hydrogen (secondary N) is 1. The van der Waals surface area contributed by atoms with Crippen molar-refractivity contribution in [1.82, 2.24) is 0 Å². The molecule has 1 aliphatic heterocycles. The minimum absolute atomic E-state index is 0.0419. The van der Waals surface area contributed by atoms with Crippen molar-refractivity contribution in [2.45, 2.75) is 52.3 Å². The van der Waals surface area contributed by atoms with Gasteiger partial charge in [-0.25, -0.2) is 4.79 Å². The van der Waals surface area contributed by atoms with Crippen molar-refractivity contribution in [3.8, 4) is 0 Å². The van der Waals surface area contributed by atoms with E-state index in [9.17, 15) is 4.79 Å². The summed E-state index contributed by atoms with van der Waals surface area (Å²) < 4.78 is 5.74. The maximum atomic E-state index is 12.2. The molecule has 3 heteroatoms. The van der Waals surface area contributed by atoms with Gasteiger partial charge >= 0.3 is 5.97 Å². The highest BCUT2D eigenvalue weighted by Crippen LogP contribution is 2.18. The Morgan fingerprint density at radius 2 is 1.90 bits per heavy atom. The Morgan fingerprint density at radius 3 is 2.50 bits per heavy atom. The number of benzene rings is 1. The predicted molar refractivity (Wildman–Crippen MR) is 79.9 cm³/mol. The van der Waals surface area contributed by atoms with E-state index >= 15 is 0 Å². The van der Waals surface area contributed by atoms with E-state index in [0.29, 0.717) is 23.6 Å². The summed E-state index contributed by atoms with van der Waals surface area (Å²) >= 11 is 0. The summed E-state index contributed by atoms with van der Waals surface area (Å²) in [6, 6.07) is 10.4. The molecule has 0 bridgehead atoms. The molecule has 1 aliphatic rings. The Kier molecular flexibility index (Phi) is 4.81. The van der Waals surface area contributed by atoms with Crippen molar-refractivity contribution in [3.63, 3.8) is 0 Å². The lowest BCUT2D eigenvalue weighted by atomic mass is 9.90. The summed E-state index contributed by atoms with van der Waals surface area (Å²) in [4.78, 5) is 13.8. The fraction of sp³-hybridized carbons (Fsp3) is 0.588. The van der Waals surface area contributed by atoms with Gasteiger partial charge in [-0.05, 0) is 32.9 Å². The molecule has 0 spiro atoms. The molecule has 3 nitrogen and oxygen atoms in total. The third-order valence-corrected chi connectivity index (χ3v) is 4.42. The zero-order valence-corrected chi connectivity index (χ0v) is 12.9. The summed E-state index contributed by atoms with van der Waals surface area (Å²) in [6.07, 6.45) is 0.993. The van der Waals surface area contributed by atoms with Gasteiger partial charge in [-0.15, -0.1) is 0 Å². The molecular weight excluding hydrogens is 250 g/mol. The quantitative estimate of drug-likeness (QED) is 0.855. The fourth-order valence-electron chi connectivity index (χ4n) is 3.19. The van der Waals surface area contributed by atoms with Gasteiger partial charge in [-0.3, -0.25) is 0 Å². The highest BCUT2D eigenvalue weighted by molar-refractivity contribution is 5.89. The van der Waals surface area contributed by atoms with Crippen LogP contribution in [0.3, 0.4) is 0 Å². The molecule has 0 amide bonds. The van der Waals surface area contributed by atoms with Crippen molar-refractivity contribution in [2.75, 3.05) is 6.54 Å². The number of hydrogen-bond acceptors (Lipinski definition) is 2. The Hall–Kier alpha value is -1.35. The Morgan fingerprint density at radius 1 is 1.25 bits per heavy atom. The average molecular weight is 276 g/mol. The number of carbonyl (C=O) groups is 1. The topological polar surface area (TPSA) is 30.7 Å². The largest absolute Gasteiger partial charge is 0.458 e. The first-order chi connectivity index (χ1) is 9.49. The molecule has 1 aromatic carbocycles. The standard InChI is InChI=1S/C17H25NO2/c1-12(2)18-11-13(3)16(10-14(18)4)20-17(19)15-8-6-5-7-9-15/h5-9,12-14,16H,10-11H2,1-4H3/p+1/t13-,14-,16+/m1/s1. The van der Waals surface area contributed by atoms with Crippen molar-refractivity contribution in [3.05, 3.63) is 35.9 Å². The predicted octanol–water partition coefficient (Wildman–Crippen LogP) is 1.93. The zero-order chi connectivity index (χ0) is 14.7. The van der Waals surface area contributed by atoms with E-state index in [-0.39, 0.29) is 12.1 Å². The second-order valence-corrected chi connectivity index (χ2v) is 6.36. The van der Waals surface area contributed by atoms with Crippen LogP contribution < -0.4 is 4.90 Å². The van der Waals surface area contributed by atoms with Gasteiger partial charge in [-0.2, -0.15) is 0 Å². The van der Waals surface area contributed by atoms with Crippen LogP contribution in [-0.2, 0) is 4.74 Å². The summed E-state index contributed by atoms with van der Waals surface area (Å²) in [5.41, 5.74) is 0.644. The first-order valence-corrected chi connectivity index (χ1v) is 7.60. The van der Waals surface area contributed by atoms with Crippen molar-refractivity contribution < 1.29 is 14.4 Å². The van der Waals surface area contributed by atoms with Crippen molar-refractivity contribution in [2.24, 2.45) is 5.92 Å². The highest BCUT2D eigenvalue weighted by atomic mass is 16.5. The molecular formula is C17H26NO2+. The second kappa shape index (κ2) is 6.40. The molecule has 110 valence electrons. The van der Waals surface area contributed by atoms with Gasteiger partial charge in [0.25, 0.3) is 0 Å². The molecule has 1 unspecified atom stereocenters. The zero-order valence-electron chi connectivity index (χ0n) is 12.9. The molecule has 0 aliphatic carbocycles. The molecule has 4 atom stereocenters. The van der Waals surface area contributed by atoms with Crippen LogP contribution in [0.25, 0.3) is 0 Å². The van der Waals surface area contributed by atoms with Gasteiger partial charge in [0, 0.05) is 12.3 Å². The average Bonchev–Trinajstić information content (AvgIpc) is 2.43. The van der Waals surface area contributed by atoms with Gasteiger partial charge in [0.2, 0.25) is 0 Å². The summed E-state index contributed by atoms with van der Waals surface area (Å²) in [5, 5.41) is 0. The van der Waals surface area contributed by atoms with Gasteiger partial charge in [-0.1, -0.05) is 25.1 Å². The van der Waals surface area contributed by atoms with Crippen LogP contribution >= 0.6 is 0 Å². The lowest BCUT2D eigenvalue weighted by molar-refractivity contribution is -0.953. The molecule has 1 N–H and O–H groups in total. The first kappa shape index (κ1) is 15.0. The minimum atomic E-state index is -0.192. The minimum Gasteiger partial charge on any atom is -0.458 e. The van der Waals surface area contributed by atoms with Gasteiger partial charge in [0.15, 0.2) is 0 Å². The van der Waals surface area contributed by atoms with Gasteiger partial charge in [0.05, 0.1) is 24.2 Å². The molecule has 1 fully saturated rings. The van der Waals surface area contributed by atoms with E-state index in [4.69, 9.17) is 4.74 Å². The van der Waals surface area contributed by atoms with Crippen LogP contribution in [0.15, 0.2) is 30.3 Å². The van der Waals surface area contributed by atoms with E-state index in [1.165, 1.54) is 0 Å². The number of ether oxygens (including phenoxy) is 1. The highest BCUT2D eigenvalue weighted by Gasteiger charge is 2.37. The Balaban J connectivity index is 1.99. The molecule has 2 rings (SSSR count). The summed E-state index contributed by atoms with van der Waals surface area (Å²) in [5.74, 6) is 0.221. The van der Waals surface area contributed by atoms with Gasteiger partial charge < -0.3 is 9.64 Å². The van der Waals surface area contributed by atoms with E-state index in [0.717, 1.165) is 13.0 Å². The second-order valence-electron chi connectivity index (χ2n) is 6.36. The van der Waals surface area contributed by atoms with Crippen LogP contribution in [0.1, 0.15) is 44.5 Å². The number of piperidine rings is 1. The molecule has 1 saturated heterocycles. The lowest BCUT2D eigenvalue weighted by Gasteiger charge is -2.40. The third kappa shape index (κ3) is 3.40. The van der Waals surface area contributed by atoms with Crippen LogP contribution in [-0.4, -0.2) is 30.7 Å². The smallest absolute Gasteiger partial charge is 0.338 e. The van der Waals surface area contributed by atoms with Crippen LogP contribution in [0.5, 0.6) is 0 Å². The number of esters is 1. The summed E-state index contributed by atoms with van der Waals surface area (Å²) in [6.45, 7) is 10.0. The van der Waals surface area contributed by atoms with Crippen molar-refractivity contribution in [1.29, 1.82) is 0 Å². The first-order valence-electron chi connectivity index (χ1n) is 7.60. The van der Waals surface area contributed by atoms with Crippen molar-refractivity contribution >= 4 is 5.97 Å². The SMILES string of the molecule is CC(C)[NH+]1C[C@@H](C)[C@@H](OC(=O)c2ccccc2)C[C@H]1C. The molecule has 0 radical (unpaired) electrons. The fourth-order valence-corrected chi connectivity index (χ4v) is 3.19. The molecule has 1 heterocycles. The number of likely N-dealkylation sites (tertiary alicyclic amines) is 1. The van der Waals surface area contributed by atoms with E-state index < -0.39 is 0 Å². The maximum absolute atomic E-state index is 12.2. The number of rotatable bonds is 3. The molecule has 0 saturated carbocycles. The number of quaternary nitrogens is 1. The normalized spacial score (nSPS) is 30.2. The maximum Gasteiger partial charge on any atom is 0.338 e. The van der Waals surface area contributed by atoms with E-state index in [2.05, 4.69) is 27.7 Å². The molecule has 0 aromatic heterocycles. The molecule has 20 heavy (non-hydrogen) atoms. The van der Waals surface area contributed by atoms with E-state index in [1.807, 2.05) is 30.3 Å². The summed E-state index contributed by atoms with van der Waals surface area (Å²) in [7, 11) is 0. The van der Waals surface area contributed by atoms with Crippen LogP contribution in [0.2, 0.25) is 0 Å². The van der Waals surface area contributed by atoms with Crippen LogP contribution in [0.4, 0.5) is 0 Å². The van der Waals surface area contributed by atoms with Crippen LogP contribution in [0, 0.1) is 5.92 Å². The Bertz CT molecular complexity index is 444. The number of carbonyl (C=O) groups excluding carboxylic acids is 1. The van der Waals surface area contributed by atoms with Gasteiger partial charge in [0.1, 0.15) is 6.10 Å². The monoisotopic (exact) mass is 276 g/mol. The third-order valence-electron chi connectivity index (χ3n) is 4.42. The Labute approximate surface area is 121 Å². The molecule has 1 aromatic rings. The lowest BCUT2D eigenvalue weighted by Crippen LogP contribution is -3.20.